The van der Waals surface area contributed by atoms with E-state index in [9.17, 15) is 4.79 Å². The second-order valence-electron chi connectivity index (χ2n) is 10.8. The number of hydrogen-bond acceptors (Lipinski definition) is 6. The highest BCUT2D eigenvalue weighted by molar-refractivity contribution is 5.83. The van der Waals surface area contributed by atoms with Crippen molar-refractivity contribution in [2.24, 2.45) is 0 Å². The van der Waals surface area contributed by atoms with Crippen LogP contribution in [0, 0.1) is 13.8 Å². The summed E-state index contributed by atoms with van der Waals surface area (Å²) in [4.78, 5) is 19.0. The first-order chi connectivity index (χ1) is 17.5. The molecule has 1 aliphatic carbocycles. The summed E-state index contributed by atoms with van der Waals surface area (Å²) in [6.07, 6.45) is 10.3. The van der Waals surface area contributed by atoms with E-state index in [-0.39, 0.29) is 17.7 Å². The number of tetrazole rings is 1. The Morgan fingerprint density at radius 1 is 1.14 bits per heavy atom. The van der Waals surface area contributed by atoms with Crippen LogP contribution >= 0.6 is 0 Å². The number of ether oxygens (including phenoxy) is 1. The van der Waals surface area contributed by atoms with Crippen molar-refractivity contribution in [3.8, 4) is 0 Å². The van der Waals surface area contributed by atoms with Crippen LogP contribution < -0.4 is 5.56 Å². The number of H-pyrrole nitrogens is 1. The molecule has 0 bridgehead atoms. The molecule has 1 saturated carbocycles. The molecular formula is C28H40N6O2. The van der Waals surface area contributed by atoms with E-state index in [1.165, 1.54) is 24.8 Å². The Morgan fingerprint density at radius 3 is 2.72 bits per heavy atom. The van der Waals surface area contributed by atoms with E-state index < -0.39 is 0 Å². The van der Waals surface area contributed by atoms with Crippen LogP contribution in [0.25, 0.3) is 10.9 Å². The third-order valence-corrected chi connectivity index (χ3v) is 8.01. The van der Waals surface area contributed by atoms with Crippen molar-refractivity contribution >= 4 is 10.9 Å². The minimum atomic E-state index is 0.00232. The molecule has 2 fully saturated rings. The molecule has 1 aliphatic heterocycles. The number of fused-ring (bicyclic) bond motifs is 1. The van der Waals surface area contributed by atoms with Gasteiger partial charge in [-0.15, -0.1) is 5.10 Å². The van der Waals surface area contributed by atoms with Crippen LogP contribution in [0.3, 0.4) is 0 Å². The predicted molar refractivity (Wildman–Crippen MR) is 141 cm³/mol. The van der Waals surface area contributed by atoms with Crippen molar-refractivity contribution in [2.75, 3.05) is 6.61 Å². The molecule has 3 heterocycles. The summed E-state index contributed by atoms with van der Waals surface area (Å²) in [5.41, 5.74) is 4.09. The lowest BCUT2D eigenvalue weighted by Crippen LogP contribution is -2.41. The zero-order valence-electron chi connectivity index (χ0n) is 22.0. The number of nitrogens with one attached hydrogen (secondary N) is 1. The van der Waals surface area contributed by atoms with Gasteiger partial charge in [0.15, 0.2) is 5.82 Å². The summed E-state index contributed by atoms with van der Waals surface area (Å²) in [5.74, 6) is 0.905. The van der Waals surface area contributed by atoms with Crippen molar-refractivity contribution in [1.82, 2.24) is 30.1 Å². The van der Waals surface area contributed by atoms with E-state index in [0.29, 0.717) is 19.1 Å². The lowest BCUT2D eigenvalue weighted by Gasteiger charge is -2.39. The van der Waals surface area contributed by atoms with Crippen molar-refractivity contribution in [3.05, 3.63) is 51.1 Å². The molecule has 8 nitrogen and oxygen atoms in total. The molecule has 0 spiro atoms. The lowest BCUT2D eigenvalue weighted by molar-refractivity contribution is 0.0713. The fourth-order valence-electron chi connectivity index (χ4n) is 6.21. The van der Waals surface area contributed by atoms with Crippen molar-refractivity contribution in [3.63, 3.8) is 0 Å². The average molecular weight is 493 g/mol. The predicted octanol–water partition coefficient (Wildman–Crippen LogP) is 4.99. The molecule has 36 heavy (non-hydrogen) atoms. The summed E-state index contributed by atoms with van der Waals surface area (Å²) in [5, 5.41) is 14.1. The molecular weight excluding hydrogens is 452 g/mol. The van der Waals surface area contributed by atoms with Crippen molar-refractivity contribution in [1.29, 1.82) is 0 Å². The maximum Gasteiger partial charge on any atom is 0.252 e. The van der Waals surface area contributed by atoms with Crippen LogP contribution in [0.2, 0.25) is 0 Å². The minimum absolute atomic E-state index is 0.00232. The van der Waals surface area contributed by atoms with Gasteiger partial charge in [-0.2, -0.15) is 0 Å². The Hall–Kier alpha value is -2.58. The first kappa shape index (κ1) is 25.1. The average Bonchev–Trinajstić information content (AvgIpc) is 3.55. The Kier molecular flexibility index (Phi) is 7.82. The quantitative estimate of drug-likeness (QED) is 0.453. The molecule has 194 valence electrons. The molecule has 2 aliphatic rings. The second-order valence-corrected chi connectivity index (χ2v) is 10.8. The van der Waals surface area contributed by atoms with Crippen molar-refractivity contribution in [2.45, 2.75) is 110 Å². The number of benzene rings is 1. The van der Waals surface area contributed by atoms with E-state index in [1.807, 2.05) is 4.68 Å². The van der Waals surface area contributed by atoms with Gasteiger partial charge in [0.25, 0.3) is 5.56 Å². The van der Waals surface area contributed by atoms with Crippen LogP contribution in [0.15, 0.2) is 23.0 Å². The normalized spacial score (nSPS) is 19.9. The lowest BCUT2D eigenvalue weighted by atomic mass is 9.91. The van der Waals surface area contributed by atoms with Crippen molar-refractivity contribution < 1.29 is 4.74 Å². The van der Waals surface area contributed by atoms with E-state index in [4.69, 9.17) is 4.74 Å². The molecule has 1 N–H and O–H groups in total. The zero-order chi connectivity index (χ0) is 25.1. The fourth-order valence-corrected chi connectivity index (χ4v) is 6.21. The standard InChI is InChI=1S/C28H40N6O2/c1-4-9-26(27-30-31-32-34(27)18-23-12-8-13-36-23)33(22-10-6-5-7-11-22)17-21-16-24-20(3)14-19(2)15-25(24)29-28(21)35/h14-16,22-23,26H,4-13,17-18H2,1-3H3,(H,29,35)/t23-,26-/m0/s1. The van der Waals surface area contributed by atoms with E-state index in [1.54, 1.807) is 0 Å². The van der Waals surface area contributed by atoms with Gasteiger partial charge in [-0.25, -0.2) is 4.68 Å². The largest absolute Gasteiger partial charge is 0.376 e. The summed E-state index contributed by atoms with van der Waals surface area (Å²) < 4.78 is 7.86. The molecule has 2 atom stereocenters. The smallest absolute Gasteiger partial charge is 0.252 e. The SMILES string of the molecule is CCC[C@@H](c1nnnn1C[C@@H]1CCCO1)N(Cc1cc2c(C)cc(C)cc2[nH]c1=O)C1CCCCC1. The number of aromatic nitrogens is 5. The van der Waals surface area contributed by atoms with Crippen LogP contribution in [0.5, 0.6) is 0 Å². The fraction of sp³-hybridized carbons (Fsp3) is 0.643. The molecule has 8 heteroatoms. The zero-order valence-corrected chi connectivity index (χ0v) is 22.0. The van der Waals surface area contributed by atoms with Gasteiger partial charge in [-0.1, -0.05) is 38.7 Å². The number of pyridine rings is 1. The third kappa shape index (κ3) is 5.39. The highest BCUT2D eigenvalue weighted by atomic mass is 16.5. The Bertz CT molecular complexity index is 1220. The monoisotopic (exact) mass is 492 g/mol. The van der Waals surface area contributed by atoms with Crippen LogP contribution in [-0.4, -0.2) is 48.8 Å². The number of nitrogens with zero attached hydrogens (tertiary/aromatic N) is 5. The topological polar surface area (TPSA) is 88.9 Å². The third-order valence-electron chi connectivity index (χ3n) is 8.01. The molecule has 3 aromatic rings. The number of hydrogen-bond donors (Lipinski definition) is 1. The molecule has 0 radical (unpaired) electrons. The van der Waals surface area contributed by atoms with E-state index >= 15 is 0 Å². The molecule has 5 rings (SSSR count). The Morgan fingerprint density at radius 2 is 1.97 bits per heavy atom. The summed E-state index contributed by atoms with van der Waals surface area (Å²) >= 11 is 0. The molecule has 1 saturated heterocycles. The van der Waals surface area contributed by atoms with Gasteiger partial charge >= 0.3 is 0 Å². The summed E-state index contributed by atoms with van der Waals surface area (Å²) in [6.45, 7) is 8.51. The maximum absolute atomic E-state index is 13.3. The first-order valence-electron chi connectivity index (χ1n) is 13.8. The maximum atomic E-state index is 13.3. The Labute approximate surface area is 213 Å². The van der Waals surface area contributed by atoms with Gasteiger partial charge in [0.2, 0.25) is 0 Å². The number of aryl methyl sites for hydroxylation is 2. The molecule has 0 amide bonds. The number of aromatic amines is 1. The van der Waals surface area contributed by atoms with Crippen LogP contribution in [-0.2, 0) is 17.8 Å². The van der Waals surface area contributed by atoms with E-state index in [2.05, 4.69) is 64.4 Å². The van der Waals surface area contributed by atoms with Gasteiger partial charge in [0.05, 0.1) is 18.7 Å². The van der Waals surface area contributed by atoms with Gasteiger partial charge in [-0.05, 0) is 79.6 Å². The van der Waals surface area contributed by atoms with Crippen LogP contribution in [0.1, 0.15) is 93.3 Å². The van der Waals surface area contributed by atoms with Crippen LogP contribution in [0.4, 0.5) is 0 Å². The summed E-state index contributed by atoms with van der Waals surface area (Å²) in [6, 6.07) is 6.83. The molecule has 1 aromatic carbocycles. The van der Waals surface area contributed by atoms with Gasteiger partial charge in [-0.3, -0.25) is 9.69 Å². The highest BCUT2D eigenvalue weighted by Gasteiger charge is 2.33. The van der Waals surface area contributed by atoms with Gasteiger partial charge in [0.1, 0.15) is 0 Å². The highest BCUT2D eigenvalue weighted by Crippen LogP contribution is 2.34. The molecule has 0 unspecified atom stereocenters. The number of rotatable bonds is 9. The minimum Gasteiger partial charge on any atom is -0.376 e. The first-order valence-corrected chi connectivity index (χ1v) is 13.8. The summed E-state index contributed by atoms with van der Waals surface area (Å²) in [7, 11) is 0. The second kappa shape index (κ2) is 11.2. The van der Waals surface area contributed by atoms with Gasteiger partial charge < -0.3 is 9.72 Å². The molecule has 2 aromatic heterocycles. The van der Waals surface area contributed by atoms with Gasteiger partial charge in [0, 0.05) is 35.7 Å². The van der Waals surface area contributed by atoms with E-state index in [0.717, 1.165) is 73.0 Å². The Balaban J connectivity index is 1.52.